The number of aromatic nitrogens is 2. The van der Waals surface area contributed by atoms with Crippen LogP contribution in [0.1, 0.15) is 23.8 Å². The molecule has 21 heavy (non-hydrogen) atoms. The number of amides is 1. The molecule has 0 aliphatic heterocycles. The van der Waals surface area contributed by atoms with Gasteiger partial charge >= 0.3 is 0 Å². The predicted octanol–water partition coefficient (Wildman–Crippen LogP) is 2.20. The van der Waals surface area contributed by atoms with Crippen LogP contribution in [0.3, 0.4) is 0 Å². The third kappa shape index (κ3) is 4.24. The Labute approximate surface area is 122 Å². The Hall–Kier alpha value is -2.50. The summed E-state index contributed by atoms with van der Waals surface area (Å²) in [6.45, 7) is 2.17. The summed E-state index contributed by atoms with van der Waals surface area (Å²) in [6.07, 6.45) is 4.64. The topological polar surface area (TPSA) is 64.1 Å². The lowest BCUT2D eigenvalue weighted by Gasteiger charge is -2.18. The fraction of sp³-hybridized carbons (Fsp3) is 0.267. The number of benzene rings is 1. The summed E-state index contributed by atoms with van der Waals surface area (Å²) < 4.78 is 19.1. The summed E-state index contributed by atoms with van der Waals surface area (Å²) in [6, 6.07) is 6.19. The zero-order chi connectivity index (χ0) is 15.1. The van der Waals surface area contributed by atoms with E-state index < -0.39 is 5.82 Å². The number of hydrogen-bond acceptors (Lipinski definition) is 4. The lowest BCUT2D eigenvalue weighted by atomic mass is 10.2. The van der Waals surface area contributed by atoms with Gasteiger partial charge in [0.25, 0.3) is 5.91 Å². The molecule has 6 heteroatoms. The molecule has 0 spiro atoms. The fourth-order valence-electron chi connectivity index (χ4n) is 1.70. The van der Waals surface area contributed by atoms with Crippen molar-refractivity contribution < 1.29 is 13.9 Å². The maximum Gasteiger partial charge on any atom is 0.271 e. The zero-order valence-corrected chi connectivity index (χ0v) is 11.6. The Morgan fingerprint density at radius 2 is 2.19 bits per heavy atom. The van der Waals surface area contributed by atoms with E-state index >= 15 is 0 Å². The second-order valence-electron chi connectivity index (χ2n) is 4.38. The number of nitrogens with zero attached hydrogens (tertiary/aromatic N) is 2. The van der Waals surface area contributed by atoms with Crippen LogP contribution < -0.4 is 10.1 Å². The molecule has 1 unspecified atom stereocenters. The second kappa shape index (κ2) is 7.33. The Morgan fingerprint density at radius 1 is 1.38 bits per heavy atom. The maximum atomic E-state index is 13.5. The lowest BCUT2D eigenvalue weighted by Crippen LogP contribution is -2.35. The largest absolute Gasteiger partial charge is 0.486 e. The molecule has 0 aliphatic carbocycles. The van der Waals surface area contributed by atoms with Gasteiger partial charge in [-0.3, -0.25) is 9.78 Å². The molecule has 0 aliphatic rings. The maximum absolute atomic E-state index is 13.5. The summed E-state index contributed by atoms with van der Waals surface area (Å²) in [4.78, 5) is 19.6. The normalized spacial score (nSPS) is 11.7. The zero-order valence-electron chi connectivity index (χ0n) is 11.6. The van der Waals surface area contributed by atoms with Crippen molar-refractivity contribution in [3.63, 3.8) is 0 Å². The van der Waals surface area contributed by atoms with Crippen molar-refractivity contribution in [3.05, 3.63) is 54.4 Å². The third-order valence-electron chi connectivity index (χ3n) is 2.87. The molecule has 0 saturated heterocycles. The first kappa shape index (κ1) is 14.9. The second-order valence-corrected chi connectivity index (χ2v) is 4.38. The van der Waals surface area contributed by atoms with Gasteiger partial charge in [-0.05, 0) is 18.6 Å². The number of hydrogen-bond donors (Lipinski definition) is 1. The molecular weight excluding hydrogens is 273 g/mol. The van der Waals surface area contributed by atoms with E-state index in [1.165, 1.54) is 24.7 Å². The first-order valence-corrected chi connectivity index (χ1v) is 6.66. The van der Waals surface area contributed by atoms with E-state index in [0.717, 1.165) is 0 Å². The van der Waals surface area contributed by atoms with Crippen LogP contribution in [0.15, 0.2) is 42.9 Å². The number of nitrogens with one attached hydrogen (secondary N) is 1. The van der Waals surface area contributed by atoms with Gasteiger partial charge in [0.05, 0.1) is 12.7 Å². The first-order chi connectivity index (χ1) is 10.2. The van der Waals surface area contributed by atoms with Gasteiger partial charge in [-0.15, -0.1) is 0 Å². The van der Waals surface area contributed by atoms with E-state index in [-0.39, 0.29) is 30.0 Å². The van der Waals surface area contributed by atoms with Gasteiger partial charge in [-0.25, -0.2) is 9.37 Å². The molecule has 1 N–H and O–H groups in total. The molecule has 2 aromatic rings. The molecule has 2 rings (SSSR count). The number of para-hydroxylation sites is 1. The van der Waals surface area contributed by atoms with Gasteiger partial charge in [0.2, 0.25) is 0 Å². The van der Waals surface area contributed by atoms with Crippen molar-refractivity contribution in [2.45, 2.75) is 19.4 Å². The molecule has 0 radical (unpaired) electrons. The fourth-order valence-corrected chi connectivity index (χ4v) is 1.70. The number of ether oxygens (including phenoxy) is 1. The van der Waals surface area contributed by atoms with E-state index in [4.69, 9.17) is 4.74 Å². The van der Waals surface area contributed by atoms with Crippen LogP contribution in [0.4, 0.5) is 4.39 Å². The average Bonchev–Trinajstić information content (AvgIpc) is 2.53. The monoisotopic (exact) mass is 289 g/mol. The van der Waals surface area contributed by atoms with Crippen LogP contribution in [0.2, 0.25) is 0 Å². The van der Waals surface area contributed by atoms with Gasteiger partial charge in [-0.2, -0.15) is 0 Å². The van der Waals surface area contributed by atoms with E-state index in [2.05, 4.69) is 15.3 Å². The molecule has 1 aromatic carbocycles. The highest BCUT2D eigenvalue weighted by atomic mass is 19.1. The van der Waals surface area contributed by atoms with Gasteiger partial charge in [0, 0.05) is 12.4 Å². The van der Waals surface area contributed by atoms with E-state index in [9.17, 15) is 9.18 Å². The molecule has 110 valence electrons. The van der Waals surface area contributed by atoms with Crippen molar-refractivity contribution in [1.29, 1.82) is 0 Å². The van der Waals surface area contributed by atoms with Gasteiger partial charge in [-0.1, -0.05) is 19.1 Å². The molecule has 5 nitrogen and oxygen atoms in total. The van der Waals surface area contributed by atoms with Crippen LogP contribution in [-0.4, -0.2) is 28.5 Å². The molecule has 1 atom stereocenters. The molecule has 0 bridgehead atoms. The average molecular weight is 289 g/mol. The minimum atomic E-state index is -0.420. The van der Waals surface area contributed by atoms with E-state index in [1.54, 1.807) is 18.2 Å². The predicted molar refractivity (Wildman–Crippen MR) is 75.5 cm³/mol. The molecule has 1 aromatic heterocycles. The summed E-state index contributed by atoms with van der Waals surface area (Å²) in [5.41, 5.74) is 0.234. The van der Waals surface area contributed by atoms with Crippen LogP contribution in [0, 0.1) is 5.82 Å². The van der Waals surface area contributed by atoms with Crippen LogP contribution >= 0.6 is 0 Å². The van der Waals surface area contributed by atoms with Crippen molar-refractivity contribution in [1.82, 2.24) is 15.3 Å². The Bertz CT molecular complexity index is 592. The highest BCUT2D eigenvalue weighted by Gasteiger charge is 2.14. The number of rotatable bonds is 6. The Morgan fingerprint density at radius 3 is 2.86 bits per heavy atom. The minimum absolute atomic E-state index is 0.179. The minimum Gasteiger partial charge on any atom is -0.486 e. The Kier molecular flexibility index (Phi) is 5.20. The van der Waals surface area contributed by atoms with Crippen molar-refractivity contribution in [3.8, 4) is 5.75 Å². The van der Waals surface area contributed by atoms with E-state index in [1.807, 2.05) is 6.92 Å². The summed E-state index contributed by atoms with van der Waals surface area (Å²) in [7, 11) is 0. The quantitative estimate of drug-likeness (QED) is 0.885. The van der Waals surface area contributed by atoms with Gasteiger partial charge in [0.15, 0.2) is 11.6 Å². The highest BCUT2D eigenvalue weighted by molar-refractivity contribution is 5.91. The highest BCUT2D eigenvalue weighted by Crippen LogP contribution is 2.17. The Balaban J connectivity index is 1.91. The van der Waals surface area contributed by atoms with E-state index in [0.29, 0.717) is 6.42 Å². The first-order valence-electron chi connectivity index (χ1n) is 6.66. The van der Waals surface area contributed by atoms with Crippen LogP contribution in [0.25, 0.3) is 0 Å². The standard InChI is InChI=1S/C15H16FN3O2/c1-2-11(21-14-6-4-3-5-12(14)16)9-19-15(20)13-10-17-7-8-18-13/h3-8,10-11H,2,9H2,1H3,(H,19,20). The van der Waals surface area contributed by atoms with Crippen molar-refractivity contribution in [2.24, 2.45) is 0 Å². The van der Waals surface area contributed by atoms with Crippen LogP contribution in [0.5, 0.6) is 5.75 Å². The van der Waals surface area contributed by atoms with Crippen molar-refractivity contribution >= 4 is 5.91 Å². The third-order valence-corrected chi connectivity index (χ3v) is 2.87. The lowest BCUT2D eigenvalue weighted by molar-refractivity contribution is 0.0919. The van der Waals surface area contributed by atoms with Gasteiger partial charge < -0.3 is 10.1 Å². The number of carbonyl (C=O) groups excluding carboxylic acids is 1. The molecule has 1 amide bonds. The molecule has 0 saturated carbocycles. The van der Waals surface area contributed by atoms with Gasteiger partial charge in [0.1, 0.15) is 11.8 Å². The summed E-state index contributed by atoms with van der Waals surface area (Å²) in [5.74, 6) is -0.576. The van der Waals surface area contributed by atoms with Crippen LogP contribution in [-0.2, 0) is 0 Å². The van der Waals surface area contributed by atoms with Crippen molar-refractivity contribution in [2.75, 3.05) is 6.54 Å². The molecule has 1 heterocycles. The smallest absolute Gasteiger partial charge is 0.271 e. The molecular formula is C15H16FN3O2. The SMILES string of the molecule is CCC(CNC(=O)c1cnccn1)Oc1ccccc1F. The molecule has 0 fully saturated rings. The summed E-state index contributed by atoms with van der Waals surface area (Å²) in [5, 5.41) is 2.70. The number of carbonyl (C=O) groups is 1. The summed E-state index contributed by atoms with van der Waals surface area (Å²) >= 11 is 0. The number of halogens is 1.